The number of benzene rings is 1. The van der Waals surface area contributed by atoms with Crippen LogP contribution in [0.4, 0.5) is 5.82 Å². The molecule has 7 nitrogen and oxygen atoms in total. The molecule has 4 rings (SSSR count). The second-order valence-electron chi connectivity index (χ2n) is 6.92. The molecule has 0 saturated heterocycles. The third kappa shape index (κ3) is 3.28. The van der Waals surface area contributed by atoms with Crippen LogP contribution in [0.15, 0.2) is 36.5 Å². The number of para-hydroxylation sites is 1. The Morgan fingerprint density at radius 2 is 1.85 bits per heavy atom. The van der Waals surface area contributed by atoms with Crippen molar-refractivity contribution in [2.75, 3.05) is 5.73 Å². The molecule has 0 bridgehead atoms. The number of phenols is 1. The third-order valence-electron chi connectivity index (χ3n) is 5.10. The number of aromatic hydroxyl groups is 1. The van der Waals surface area contributed by atoms with E-state index in [1.807, 2.05) is 29.9 Å². The highest BCUT2D eigenvalue weighted by atomic mass is 16.3. The number of aryl methyl sites for hydroxylation is 1. The number of aromatic nitrogens is 4. The summed E-state index contributed by atoms with van der Waals surface area (Å²) in [5, 5.41) is 23.0. The lowest BCUT2D eigenvalue weighted by atomic mass is 9.94. The molecule has 0 spiro atoms. The normalized spacial score (nSPS) is 15.2. The Kier molecular flexibility index (Phi) is 4.35. The van der Waals surface area contributed by atoms with Crippen LogP contribution in [-0.4, -0.2) is 30.9 Å². The summed E-state index contributed by atoms with van der Waals surface area (Å²) in [4.78, 5) is 11.5. The average molecular weight is 363 g/mol. The number of phenolic OH excluding ortho intramolecular Hbond substituents is 1. The number of carbonyl (C=O) groups is 1. The van der Waals surface area contributed by atoms with Gasteiger partial charge in [-0.15, -0.1) is 10.2 Å². The first-order chi connectivity index (χ1) is 13.0. The van der Waals surface area contributed by atoms with E-state index in [9.17, 15) is 9.90 Å². The molecule has 0 unspecified atom stereocenters. The number of Topliss-reactive ketones (excluding diaryl/α,β-unsaturated/α-hetero) is 1. The number of hydrogen-bond donors (Lipinski definition) is 2. The molecular formula is C20H21N5O2. The molecule has 3 N–H and O–H groups in total. The van der Waals surface area contributed by atoms with Gasteiger partial charge in [0.1, 0.15) is 11.5 Å². The number of nitrogen functional groups attached to an aromatic ring is 1. The molecule has 3 aromatic rings. The zero-order valence-corrected chi connectivity index (χ0v) is 15.1. The zero-order chi connectivity index (χ0) is 19.0. The van der Waals surface area contributed by atoms with E-state index in [1.54, 1.807) is 18.2 Å². The number of hydrogen-bond acceptors (Lipinski definition) is 6. The monoisotopic (exact) mass is 363 g/mol. The maximum atomic E-state index is 11.5. The first-order valence-corrected chi connectivity index (χ1v) is 9.02. The van der Waals surface area contributed by atoms with E-state index >= 15 is 0 Å². The van der Waals surface area contributed by atoms with E-state index < -0.39 is 0 Å². The fourth-order valence-electron chi connectivity index (χ4n) is 3.56. The van der Waals surface area contributed by atoms with Gasteiger partial charge in [-0.05, 0) is 38.0 Å². The van der Waals surface area contributed by atoms with Gasteiger partial charge in [0.25, 0.3) is 0 Å². The maximum absolute atomic E-state index is 11.5. The minimum Gasteiger partial charge on any atom is -0.507 e. The van der Waals surface area contributed by atoms with Crippen LogP contribution in [0.1, 0.15) is 37.4 Å². The average Bonchev–Trinajstić information content (AvgIpc) is 3.05. The Labute approximate surface area is 156 Å². The fourth-order valence-corrected chi connectivity index (χ4v) is 3.56. The van der Waals surface area contributed by atoms with Gasteiger partial charge in [0.05, 0.1) is 17.4 Å². The topological polar surface area (TPSA) is 107 Å². The molecule has 27 heavy (non-hydrogen) atoms. The van der Waals surface area contributed by atoms with Crippen molar-refractivity contribution in [3.63, 3.8) is 0 Å². The third-order valence-corrected chi connectivity index (χ3v) is 5.10. The van der Waals surface area contributed by atoms with Crippen LogP contribution in [0.2, 0.25) is 0 Å². The predicted molar refractivity (Wildman–Crippen MR) is 102 cm³/mol. The summed E-state index contributed by atoms with van der Waals surface area (Å²) in [5.74, 6) is 0.780. The van der Waals surface area contributed by atoms with Crippen molar-refractivity contribution in [2.45, 2.75) is 38.6 Å². The molecule has 1 saturated carbocycles. The molecule has 1 aromatic carbocycles. The van der Waals surface area contributed by atoms with E-state index in [4.69, 9.17) is 5.73 Å². The lowest BCUT2D eigenvalue weighted by molar-refractivity contribution is -0.120. The van der Waals surface area contributed by atoms with Gasteiger partial charge in [-0.1, -0.05) is 12.1 Å². The second-order valence-corrected chi connectivity index (χ2v) is 6.92. The Bertz CT molecular complexity index is 1000. The lowest BCUT2D eigenvalue weighted by Crippen LogP contribution is -2.18. The van der Waals surface area contributed by atoms with Gasteiger partial charge in [0, 0.05) is 35.7 Å². The van der Waals surface area contributed by atoms with Crippen molar-refractivity contribution in [2.24, 2.45) is 0 Å². The summed E-state index contributed by atoms with van der Waals surface area (Å²) in [6, 6.07) is 9.04. The van der Waals surface area contributed by atoms with Crippen molar-refractivity contribution in [1.29, 1.82) is 0 Å². The molecule has 138 valence electrons. The number of anilines is 1. The Morgan fingerprint density at radius 3 is 2.59 bits per heavy atom. The molecule has 0 amide bonds. The molecule has 2 aromatic heterocycles. The molecule has 2 heterocycles. The summed E-state index contributed by atoms with van der Waals surface area (Å²) < 4.78 is 1.94. The van der Waals surface area contributed by atoms with Crippen LogP contribution in [-0.2, 0) is 4.79 Å². The van der Waals surface area contributed by atoms with Crippen LogP contribution in [0.5, 0.6) is 5.75 Å². The standard InChI is InChI=1S/C20H21N5O2/c1-12-17(11-25(24-12)13-6-8-14(26)9-7-13)16-10-18(22-23-20(16)21)15-4-2-3-5-19(15)27/h2-5,10-11,13,27H,6-9H2,1H3,(H2,21,23). The van der Waals surface area contributed by atoms with Gasteiger partial charge < -0.3 is 10.8 Å². The quantitative estimate of drug-likeness (QED) is 0.739. The minimum absolute atomic E-state index is 0.141. The number of nitrogens with two attached hydrogens (primary N) is 1. The summed E-state index contributed by atoms with van der Waals surface area (Å²) >= 11 is 0. The van der Waals surface area contributed by atoms with E-state index in [0.29, 0.717) is 35.7 Å². The molecule has 0 aliphatic heterocycles. The highest BCUT2D eigenvalue weighted by molar-refractivity contribution is 5.80. The number of rotatable bonds is 3. The predicted octanol–water partition coefficient (Wildman–Crippen LogP) is 3.29. The summed E-state index contributed by atoms with van der Waals surface area (Å²) in [6.07, 6.45) is 4.81. The van der Waals surface area contributed by atoms with Crippen molar-refractivity contribution < 1.29 is 9.90 Å². The Morgan fingerprint density at radius 1 is 1.11 bits per heavy atom. The summed E-state index contributed by atoms with van der Waals surface area (Å²) in [7, 11) is 0. The summed E-state index contributed by atoms with van der Waals surface area (Å²) in [6.45, 7) is 1.93. The van der Waals surface area contributed by atoms with Gasteiger partial charge in [0.15, 0.2) is 5.82 Å². The molecule has 0 radical (unpaired) electrons. The zero-order valence-electron chi connectivity index (χ0n) is 15.1. The fraction of sp³-hybridized carbons (Fsp3) is 0.300. The lowest BCUT2D eigenvalue weighted by Gasteiger charge is -2.21. The molecule has 7 heteroatoms. The van der Waals surface area contributed by atoms with Crippen molar-refractivity contribution in [3.8, 4) is 28.1 Å². The van der Waals surface area contributed by atoms with Crippen LogP contribution in [0, 0.1) is 6.92 Å². The van der Waals surface area contributed by atoms with Crippen LogP contribution in [0.3, 0.4) is 0 Å². The maximum Gasteiger partial charge on any atom is 0.154 e. The molecule has 1 aliphatic carbocycles. The van der Waals surface area contributed by atoms with Gasteiger partial charge in [-0.25, -0.2) is 0 Å². The largest absolute Gasteiger partial charge is 0.507 e. The first kappa shape index (κ1) is 17.2. The summed E-state index contributed by atoms with van der Waals surface area (Å²) in [5.41, 5.74) is 9.71. The Hall–Kier alpha value is -3.22. The molecule has 1 aliphatic rings. The van der Waals surface area contributed by atoms with E-state index in [1.165, 1.54) is 0 Å². The van der Waals surface area contributed by atoms with E-state index in [2.05, 4.69) is 15.3 Å². The van der Waals surface area contributed by atoms with Gasteiger partial charge >= 0.3 is 0 Å². The number of nitrogens with zero attached hydrogens (tertiary/aromatic N) is 4. The highest BCUT2D eigenvalue weighted by Gasteiger charge is 2.23. The highest BCUT2D eigenvalue weighted by Crippen LogP contribution is 2.34. The Balaban J connectivity index is 1.72. The van der Waals surface area contributed by atoms with Gasteiger partial charge in [0.2, 0.25) is 0 Å². The van der Waals surface area contributed by atoms with Crippen molar-refractivity contribution in [3.05, 3.63) is 42.2 Å². The van der Waals surface area contributed by atoms with Gasteiger partial charge in [-0.3, -0.25) is 9.48 Å². The SMILES string of the molecule is Cc1nn(C2CCC(=O)CC2)cc1-c1cc(-c2ccccc2O)nnc1N. The van der Waals surface area contributed by atoms with Crippen LogP contribution < -0.4 is 5.73 Å². The minimum atomic E-state index is 0.141. The van der Waals surface area contributed by atoms with Gasteiger partial charge in [-0.2, -0.15) is 5.10 Å². The number of carbonyl (C=O) groups excluding carboxylic acids is 1. The molecular weight excluding hydrogens is 342 g/mol. The first-order valence-electron chi connectivity index (χ1n) is 9.02. The molecule has 1 fully saturated rings. The van der Waals surface area contributed by atoms with Crippen molar-refractivity contribution in [1.82, 2.24) is 20.0 Å². The van der Waals surface area contributed by atoms with E-state index in [0.717, 1.165) is 29.7 Å². The second kappa shape index (κ2) is 6.83. The van der Waals surface area contributed by atoms with Crippen LogP contribution >= 0.6 is 0 Å². The molecule has 0 atom stereocenters. The number of ketones is 1. The van der Waals surface area contributed by atoms with Crippen LogP contribution in [0.25, 0.3) is 22.4 Å². The van der Waals surface area contributed by atoms with Crippen molar-refractivity contribution >= 4 is 11.6 Å². The van der Waals surface area contributed by atoms with E-state index in [-0.39, 0.29) is 11.8 Å². The smallest absolute Gasteiger partial charge is 0.154 e.